The molecule has 1 aromatic carbocycles. The van der Waals surface area contributed by atoms with Crippen LogP contribution in [0, 0.1) is 10.1 Å². The average Bonchev–Trinajstić information content (AvgIpc) is 2.87. The number of nitro groups is 1. The van der Waals surface area contributed by atoms with Crippen molar-refractivity contribution in [2.45, 2.75) is 12.8 Å². The first-order chi connectivity index (χ1) is 10.4. The number of non-ortho nitro benzene ring substituents is 1. The van der Waals surface area contributed by atoms with E-state index in [4.69, 9.17) is 0 Å². The number of nitro benzene ring substituents is 1. The van der Waals surface area contributed by atoms with Gasteiger partial charge in [-0.25, -0.2) is 8.78 Å². The van der Waals surface area contributed by atoms with E-state index in [1.54, 1.807) is 28.8 Å². The fourth-order valence-electron chi connectivity index (χ4n) is 2.49. The fraction of sp³-hybridized carbons (Fsp3) is 0.125. The van der Waals surface area contributed by atoms with Crippen molar-refractivity contribution in [3.63, 3.8) is 0 Å². The number of nitrogens with zero attached hydrogens (tertiary/aromatic N) is 2. The monoisotopic (exact) mass is 302 g/mol. The number of aromatic nitrogens is 1. The second-order valence-corrected chi connectivity index (χ2v) is 5.09. The zero-order valence-electron chi connectivity index (χ0n) is 11.7. The van der Waals surface area contributed by atoms with Crippen molar-refractivity contribution in [3.8, 4) is 11.3 Å². The van der Waals surface area contributed by atoms with Crippen molar-refractivity contribution in [1.29, 1.82) is 0 Å². The third-order valence-electron chi connectivity index (χ3n) is 3.50. The Balaban J connectivity index is 2.26. The summed E-state index contributed by atoms with van der Waals surface area (Å²) in [5.41, 5.74) is 1.32. The Kier molecular flexibility index (Phi) is 3.16. The molecule has 0 aliphatic rings. The second-order valence-electron chi connectivity index (χ2n) is 5.09. The Morgan fingerprint density at radius 2 is 1.82 bits per heavy atom. The molecule has 6 heteroatoms. The Morgan fingerprint density at radius 3 is 2.41 bits per heavy atom. The molecule has 4 nitrogen and oxygen atoms in total. The highest BCUT2D eigenvalue weighted by Gasteiger charge is 2.30. The quantitative estimate of drug-likeness (QED) is 0.523. The molecule has 3 aromatic rings. The van der Waals surface area contributed by atoms with Gasteiger partial charge in [0.15, 0.2) is 0 Å². The lowest BCUT2D eigenvalue weighted by molar-refractivity contribution is -0.384. The summed E-state index contributed by atoms with van der Waals surface area (Å²) in [5.74, 6) is -3.01. The van der Waals surface area contributed by atoms with Crippen LogP contribution in [0.5, 0.6) is 0 Å². The molecule has 0 aliphatic carbocycles. The lowest BCUT2D eigenvalue weighted by Crippen LogP contribution is -2.07. The molecule has 0 atom stereocenters. The number of hydrogen-bond acceptors (Lipinski definition) is 2. The summed E-state index contributed by atoms with van der Waals surface area (Å²) in [5, 5.41) is 10.7. The maximum absolute atomic E-state index is 13.9. The van der Waals surface area contributed by atoms with Crippen LogP contribution in [0.4, 0.5) is 14.5 Å². The number of rotatable bonds is 3. The zero-order valence-corrected chi connectivity index (χ0v) is 11.7. The van der Waals surface area contributed by atoms with Crippen LogP contribution in [-0.2, 0) is 5.92 Å². The maximum atomic E-state index is 13.9. The molecule has 0 unspecified atom stereocenters. The van der Waals surface area contributed by atoms with E-state index in [9.17, 15) is 18.9 Å². The molecule has 0 spiro atoms. The van der Waals surface area contributed by atoms with Crippen molar-refractivity contribution in [3.05, 3.63) is 70.4 Å². The van der Waals surface area contributed by atoms with E-state index >= 15 is 0 Å². The van der Waals surface area contributed by atoms with Gasteiger partial charge < -0.3 is 4.40 Å². The fourth-order valence-corrected chi connectivity index (χ4v) is 2.49. The Morgan fingerprint density at radius 1 is 1.14 bits per heavy atom. The predicted octanol–water partition coefficient (Wildman–Crippen LogP) is 4.63. The number of pyridine rings is 1. The van der Waals surface area contributed by atoms with Crippen molar-refractivity contribution in [1.82, 2.24) is 4.40 Å². The van der Waals surface area contributed by atoms with E-state index < -0.39 is 10.8 Å². The molecular formula is C16H12F2N2O2. The zero-order chi connectivity index (χ0) is 15.9. The third-order valence-corrected chi connectivity index (χ3v) is 3.50. The highest BCUT2D eigenvalue weighted by Crippen LogP contribution is 2.38. The van der Waals surface area contributed by atoms with E-state index in [-0.39, 0.29) is 11.3 Å². The average molecular weight is 302 g/mol. The molecule has 2 heterocycles. The van der Waals surface area contributed by atoms with Gasteiger partial charge in [0.2, 0.25) is 0 Å². The van der Waals surface area contributed by atoms with E-state index in [1.165, 1.54) is 30.3 Å². The number of benzene rings is 1. The molecule has 112 valence electrons. The van der Waals surface area contributed by atoms with Gasteiger partial charge >= 0.3 is 0 Å². The smallest absolute Gasteiger partial charge is 0.272 e. The lowest BCUT2D eigenvalue weighted by atomic mass is 10.0. The van der Waals surface area contributed by atoms with Gasteiger partial charge in [-0.3, -0.25) is 10.1 Å². The van der Waals surface area contributed by atoms with Crippen LogP contribution >= 0.6 is 0 Å². The molecule has 0 radical (unpaired) electrons. The van der Waals surface area contributed by atoms with Gasteiger partial charge in [0.1, 0.15) is 0 Å². The normalized spacial score (nSPS) is 11.8. The minimum Gasteiger partial charge on any atom is -0.316 e. The van der Waals surface area contributed by atoms with Crippen molar-refractivity contribution in [2.75, 3.05) is 0 Å². The lowest BCUT2D eigenvalue weighted by Gasteiger charge is -2.12. The summed E-state index contributed by atoms with van der Waals surface area (Å²) in [7, 11) is 0. The first kappa shape index (κ1) is 14.2. The molecule has 22 heavy (non-hydrogen) atoms. The molecule has 0 amide bonds. The van der Waals surface area contributed by atoms with Crippen LogP contribution in [0.25, 0.3) is 16.8 Å². The first-order valence-corrected chi connectivity index (χ1v) is 6.61. The van der Waals surface area contributed by atoms with Gasteiger partial charge in [0.05, 0.1) is 10.6 Å². The van der Waals surface area contributed by atoms with E-state index in [0.29, 0.717) is 16.8 Å². The van der Waals surface area contributed by atoms with Gasteiger partial charge in [-0.1, -0.05) is 6.07 Å². The summed E-state index contributed by atoms with van der Waals surface area (Å²) in [6.07, 6.45) is 1.70. The van der Waals surface area contributed by atoms with Crippen molar-refractivity contribution in [2.24, 2.45) is 0 Å². The predicted molar refractivity (Wildman–Crippen MR) is 79.1 cm³/mol. The van der Waals surface area contributed by atoms with Gasteiger partial charge in [-0.05, 0) is 35.9 Å². The number of hydrogen-bond donors (Lipinski definition) is 0. The first-order valence-electron chi connectivity index (χ1n) is 6.61. The molecule has 3 rings (SSSR count). The van der Waals surface area contributed by atoms with Gasteiger partial charge in [-0.2, -0.15) is 0 Å². The van der Waals surface area contributed by atoms with Crippen molar-refractivity contribution >= 4 is 11.2 Å². The molecule has 0 bridgehead atoms. The number of halogens is 2. The van der Waals surface area contributed by atoms with E-state index in [2.05, 4.69) is 0 Å². The number of alkyl halides is 2. The maximum Gasteiger partial charge on any atom is 0.272 e. The molecule has 2 aromatic heterocycles. The Labute approximate surface area is 124 Å². The molecule has 0 fully saturated rings. The van der Waals surface area contributed by atoms with Gasteiger partial charge in [0.25, 0.3) is 11.6 Å². The highest BCUT2D eigenvalue weighted by molar-refractivity contribution is 5.73. The second kappa shape index (κ2) is 4.91. The highest BCUT2D eigenvalue weighted by atomic mass is 19.3. The van der Waals surface area contributed by atoms with Crippen LogP contribution < -0.4 is 0 Å². The minimum absolute atomic E-state index is 0.0746. The Hall–Kier alpha value is -2.76. The topological polar surface area (TPSA) is 47.5 Å². The minimum atomic E-state index is -3.01. The number of fused-ring (bicyclic) bond motifs is 1. The molecule has 0 saturated heterocycles. The third kappa shape index (κ3) is 2.32. The van der Waals surface area contributed by atoms with E-state index in [0.717, 1.165) is 6.92 Å². The van der Waals surface area contributed by atoms with Gasteiger partial charge in [-0.15, -0.1) is 0 Å². The summed E-state index contributed by atoms with van der Waals surface area (Å²) >= 11 is 0. The Bertz CT molecular complexity index is 849. The van der Waals surface area contributed by atoms with Crippen LogP contribution in [0.2, 0.25) is 0 Å². The molecule has 0 saturated carbocycles. The van der Waals surface area contributed by atoms with Crippen LogP contribution in [-0.4, -0.2) is 9.32 Å². The van der Waals surface area contributed by atoms with Crippen LogP contribution in [0.1, 0.15) is 12.5 Å². The summed E-state index contributed by atoms with van der Waals surface area (Å²) in [4.78, 5) is 10.2. The van der Waals surface area contributed by atoms with Crippen LogP contribution in [0.3, 0.4) is 0 Å². The SMILES string of the molecule is CC(F)(F)c1cc2ccccn2c1-c1ccc([N+](=O)[O-])cc1. The van der Waals surface area contributed by atoms with Gasteiger partial charge in [0, 0.05) is 36.3 Å². The van der Waals surface area contributed by atoms with Crippen LogP contribution in [0.15, 0.2) is 54.7 Å². The standard InChI is InChI=1S/C16H12F2N2O2/c1-16(17,18)14-10-13-4-2-3-9-19(13)15(14)11-5-7-12(8-6-11)20(21)22/h2-10H,1H3. The molecule has 0 N–H and O–H groups in total. The molecule has 0 aliphatic heterocycles. The van der Waals surface area contributed by atoms with Crippen molar-refractivity contribution < 1.29 is 13.7 Å². The van der Waals surface area contributed by atoms with E-state index in [1.807, 2.05) is 0 Å². The largest absolute Gasteiger partial charge is 0.316 e. The summed E-state index contributed by atoms with van der Waals surface area (Å²) in [6, 6.07) is 12.3. The summed E-state index contributed by atoms with van der Waals surface area (Å²) < 4.78 is 29.5. The molecular weight excluding hydrogens is 290 g/mol. The summed E-state index contributed by atoms with van der Waals surface area (Å²) in [6.45, 7) is 0.844.